The van der Waals surface area contributed by atoms with Crippen molar-refractivity contribution >= 4 is 33.3 Å². The highest BCUT2D eigenvalue weighted by molar-refractivity contribution is 7.94. The van der Waals surface area contributed by atoms with Crippen molar-refractivity contribution < 1.29 is 22.7 Å². The number of ether oxygens (including phenoxy) is 1. The van der Waals surface area contributed by atoms with Crippen LogP contribution in [0.15, 0.2) is 60.7 Å². The van der Waals surface area contributed by atoms with Gasteiger partial charge >= 0.3 is 5.97 Å². The minimum absolute atomic E-state index is 0.0311. The third kappa shape index (κ3) is 2.15. The van der Waals surface area contributed by atoms with Crippen molar-refractivity contribution in [2.24, 2.45) is 0 Å². The Bertz CT molecular complexity index is 1080. The molecule has 3 fully saturated rings. The number of carbonyl (C=O) groups is 2. The molecule has 0 N–H and O–H groups in total. The molecule has 1 aliphatic carbocycles. The van der Waals surface area contributed by atoms with Crippen LogP contribution in [0.5, 0.6) is 0 Å². The Balaban J connectivity index is 1.53. The molecule has 29 heavy (non-hydrogen) atoms. The van der Waals surface area contributed by atoms with Crippen LogP contribution in [-0.2, 0) is 24.2 Å². The number of benzene rings is 2. The fourth-order valence-corrected chi connectivity index (χ4v) is 7.90. The van der Waals surface area contributed by atoms with E-state index in [1.54, 1.807) is 0 Å². The van der Waals surface area contributed by atoms with Crippen molar-refractivity contribution in [1.29, 1.82) is 0 Å². The predicted molar refractivity (Wildman–Crippen MR) is 106 cm³/mol. The second-order valence-corrected chi connectivity index (χ2v) is 10.9. The summed E-state index contributed by atoms with van der Waals surface area (Å²) in [7, 11) is -3.77. The molecule has 2 aliphatic heterocycles. The average molecular weight is 432 g/mol. The first-order valence-corrected chi connectivity index (χ1v) is 11.3. The number of hydrogen-bond acceptors (Lipinski definition) is 5. The summed E-state index contributed by atoms with van der Waals surface area (Å²) in [5.74, 6) is -1.24. The molecule has 150 valence electrons. The first kappa shape index (κ1) is 18.6. The normalized spacial score (nSPS) is 33.6. The summed E-state index contributed by atoms with van der Waals surface area (Å²) >= 11 is 5.97. The number of alkyl halides is 1. The van der Waals surface area contributed by atoms with E-state index in [2.05, 4.69) is 0 Å². The van der Waals surface area contributed by atoms with Crippen molar-refractivity contribution in [3.05, 3.63) is 71.8 Å². The third-order valence-electron chi connectivity index (χ3n) is 6.45. The van der Waals surface area contributed by atoms with Crippen LogP contribution in [0, 0.1) is 0 Å². The lowest BCUT2D eigenvalue weighted by Gasteiger charge is -2.42. The van der Waals surface area contributed by atoms with Gasteiger partial charge in [0.1, 0.15) is 10.1 Å². The first-order chi connectivity index (χ1) is 13.8. The summed E-state index contributed by atoms with van der Waals surface area (Å²) in [6.07, 6.45) is -0.683. The molecule has 3 aliphatic rings. The Morgan fingerprint density at radius 1 is 1.10 bits per heavy atom. The summed E-state index contributed by atoms with van der Waals surface area (Å²) in [5.41, 5.74) is 0.0163. The average Bonchev–Trinajstić information content (AvgIpc) is 3.34. The number of esters is 1. The Morgan fingerprint density at radius 2 is 1.62 bits per heavy atom. The van der Waals surface area contributed by atoms with Gasteiger partial charge in [-0.05, 0) is 18.1 Å². The van der Waals surface area contributed by atoms with Gasteiger partial charge in [-0.25, -0.2) is 13.2 Å². The lowest BCUT2D eigenvalue weighted by molar-refractivity contribution is -0.166. The van der Waals surface area contributed by atoms with Gasteiger partial charge in [0.15, 0.2) is 26.9 Å². The molecule has 0 aromatic heterocycles. The van der Waals surface area contributed by atoms with Crippen molar-refractivity contribution in [3.8, 4) is 0 Å². The van der Waals surface area contributed by atoms with E-state index in [-0.39, 0.29) is 6.42 Å². The molecule has 4 atom stereocenters. The van der Waals surface area contributed by atoms with Crippen LogP contribution in [-0.4, -0.2) is 46.2 Å². The van der Waals surface area contributed by atoms with Crippen molar-refractivity contribution in [2.45, 2.75) is 40.5 Å². The summed E-state index contributed by atoms with van der Waals surface area (Å²) in [4.78, 5) is 26.9. The minimum Gasteiger partial charge on any atom is -0.451 e. The number of hydrogen-bond donors (Lipinski definition) is 0. The molecule has 2 saturated heterocycles. The van der Waals surface area contributed by atoms with E-state index in [1.165, 1.54) is 6.92 Å². The highest BCUT2D eigenvalue weighted by Gasteiger charge is 2.92. The van der Waals surface area contributed by atoms with Crippen LogP contribution < -0.4 is 0 Å². The number of amides is 1. The zero-order chi connectivity index (χ0) is 20.6. The first-order valence-electron chi connectivity index (χ1n) is 9.27. The standard InChI is InChI=1S/C21H18ClNO5S/c1-20-12-21(20,23-17(24)15(22)18(23)29(20,26)27)19(25)28-16(13-8-4-2-5-9-13)14-10-6-3-7-11-14/h2-11,15-16,18H,12H2,1H3/t15-,18+,20-,21-/m0/s1. The van der Waals surface area contributed by atoms with E-state index in [0.29, 0.717) is 0 Å². The van der Waals surface area contributed by atoms with Gasteiger partial charge in [-0.1, -0.05) is 60.7 Å². The zero-order valence-electron chi connectivity index (χ0n) is 15.5. The van der Waals surface area contributed by atoms with Gasteiger partial charge in [-0.3, -0.25) is 4.79 Å². The van der Waals surface area contributed by atoms with Crippen LogP contribution in [0.4, 0.5) is 0 Å². The summed E-state index contributed by atoms with van der Waals surface area (Å²) < 4.78 is 30.4. The maximum atomic E-state index is 13.4. The van der Waals surface area contributed by atoms with Crippen LogP contribution in [0.3, 0.4) is 0 Å². The molecule has 1 amide bonds. The SMILES string of the molecule is C[C@]12C[C@@]1(C(=O)OC(c1ccccc1)c1ccccc1)N1C(=O)[C@H](Cl)[C@H]1S2(=O)=O. The Labute approximate surface area is 173 Å². The highest BCUT2D eigenvalue weighted by Crippen LogP contribution is 2.69. The number of halogens is 1. The molecule has 6 nitrogen and oxygen atoms in total. The third-order valence-corrected chi connectivity index (χ3v) is 9.88. The van der Waals surface area contributed by atoms with Gasteiger partial charge in [0, 0.05) is 6.42 Å². The van der Waals surface area contributed by atoms with E-state index in [9.17, 15) is 18.0 Å². The van der Waals surface area contributed by atoms with Crippen LogP contribution in [0.2, 0.25) is 0 Å². The monoisotopic (exact) mass is 431 g/mol. The van der Waals surface area contributed by atoms with Crippen molar-refractivity contribution in [2.75, 3.05) is 0 Å². The Kier molecular flexibility index (Phi) is 3.75. The molecular weight excluding hydrogens is 414 g/mol. The fourth-order valence-electron chi connectivity index (χ4n) is 4.69. The van der Waals surface area contributed by atoms with E-state index >= 15 is 0 Å². The second-order valence-electron chi connectivity index (χ2n) is 7.92. The maximum Gasteiger partial charge on any atom is 0.334 e. The molecule has 0 bridgehead atoms. The van der Waals surface area contributed by atoms with Gasteiger partial charge in [0.2, 0.25) is 5.91 Å². The van der Waals surface area contributed by atoms with Crippen LogP contribution in [0.1, 0.15) is 30.6 Å². The Hall–Kier alpha value is -2.38. The maximum absolute atomic E-state index is 13.4. The summed E-state index contributed by atoms with van der Waals surface area (Å²) in [6.45, 7) is 1.50. The van der Waals surface area contributed by atoms with Gasteiger partial charge in [-0.2, -0.15) is 0 Å². The van der Waals surface area contributed by atoms with Gasteiger partial charge < -0.3 is 9.64 Å². The number of fused-ring (bicyclic) bond motifs is 3. The molecule has 8 heteroatoms. The van der Waals surface area contributed by atoms with E-state index in [0.717, 1.165) is 16.0 Å². The number of β-lactam (4-membered cyclic amide) rings is 1. The van der Waals surface area contributed by atoms with Gasteiger partial charge in [0.05, 0.1) is 0 Å². The number of rotatable bonds is 4. The van der Waals surface area contributed by atoms with Gasteiger partial charge in [0.25, 0.3) is 0 Å². The topological polar surface area (TPSA) is 80.8 Å². The van der Waals surface area contributed by atoms with E-state index < -0.39 is 48.9 Å². The van der Waals surface area contributed by atoms with Gasteiger partial charge in [-0.15, -0.1) is 11.6 Å². The van der Waals surface area contributed by atoms with Crippen molar-refractivity contribution in [3.63, 3.8) is 0 Å². The second kappa shape index (κ2) is 5.83. The quantitative estimate of drug-likeness (QED) is 0.422. The molecule has 0 spiro atoms. The summed E-state index contributed by atoms with van der Waals surface area (Å²) in [5, 5.41) is -2.30. The number of carbonyl (C=O) groups excluding carboxylic acids is 2. The summed E-state index contributed by atoms with van der Waals surface area (Å²) in [6, 6.07) is 18.4. The Morgan fingerprint density at radius 3 is 2.14 bits per heavy atom. The molecular formula is C21H18ClNO5S. The van der Waals surface area contributed by atoms with E-state index in [1.807, 2.05) is 60.7 Å². The lowest BCUT2D eigenvalue weighted by atomic mass is 10.0. The number of nitrogens with zero attached hydrogens (tertiary/aromatic N) is 1. The van der Waals surface area contributed by atoms with Crippen LogP contribution in [0.25, 0.3) is 0 Å². The highest BCUT2D eigenvalue weighted by atomic mass is 35.5. The minimum atomic E-state index is -3.77. The van der Waals surface area contributed by atoms with Crippen LogP contribution >= 0.6 is 11.6 Å². The molecule has 5 rings (SSSR count). The molecule has 2 aromatic carbocycles. The van der Waals surface area contributed by atoms with E-state index in [4.69, 9.17) is 16.3 Å². The van der Waals surface area contributed by atoms with Crippen molar-refractivity contribution in [1.82, 2.24) is 4.90 Å². The molecule has 2 heterocycles. The smallest absolute Gasteiger partial charge is 0.334 e. The predicted octanol–water partition coefficient (Wildman–Crippen LogP) is 2.42. The molecule has 0 radical (unpaired) electrons. The number of sulfone groups is 1. The largest absolute Gasteiger partial charge is 0.451 e. The zero-order valence-corrected chi connectivity index (χ0v) is 17.1. The fraction of sp³-hybridized carbons (Fsp3) is 0.333. The molecule has 2 aromatic rings. The lowest BCUT2D eigenvalue weighted by Crippen LogP contribution is -2.67. The molecule has 1 saturated carbocycles. The molecule has 0 unspecified atom stereocenters.